The first-order valence-electron chi connectivity index (χ1n) is 5.16. The zero-order valence-electron chi connectivity index (χ0n) is 9.82. The summed E-state index contributed by atoms with van der Waals surface area (Å²) in [4.78, 5) is 18.9. The first kappa shape index (κ1) is 12.3. The summed E-state index contributed by atoms with van der Waals surface area (Å²) in [7, 11) is 0. The van der Waals surface area contributed by atoms with Crippen LogP contribution in [0.2, 0.25) is 0 Å². The summed E-state index contributed by atoms with van der Waals surface area (Å²) >= 11 is 0. The molecule has 0 aromatic carbocycles. The number of carboxylic acid groups (broad SMARTS) is 1. The molecule has 19 heavy (non-hydrogen) atoms. The summed E-state index contributed by atoms with van der Waals surface area (Å²) in [6, 6.07) is 6.38. The Bertz CT molecular complexity index is 748. The molecule has 2 rings (SSSR count). The third-order valence-electron chi connectivity index (χ3n) is 2.41. The molecule has 0 atom stereocenters. The Balaban J connectivity index is 2.67. The lowest BCUT2D eigenvalue weighted by atomic mass is 10.2. The molecule has 0 saturated heterocycles. The lowest BCUT2D eigenvalue weighted by molar-refractivity contribution is 0.0696. The van der Waals surface area contributed by atoms with Crippen molar-refractivity contribution < 1.29 is 9.90 Å². The lowest BCUT2D eigenvalue weighted by Crippen LogP contribution is -2.05. The van der Waals surface area contributed by atoms with Gasteiger partial charge in [0.15, 0.2) is 11.4 Å². The zero-order valence-corrected chi connectivity index (χ0v) is 9.82. The highest BCUT2D eigenvalue weighted by Gasteiger charge is 2.14. The highest BCUT2D eigenvalue weighted by molar-refractivity contribution is 5.88. The fourth-order valence-electron chi connectivity index (χ4n) is 1.61. The number of aromatic nitrogens is 3. The van der Waals surface area contributed by atoms with Gasteiger partial charge in [0.25, 0.3) is 0 Å². The average molecular weight is 253 g/mol. The number of pyridine rings is 1. The molecule has 2 heterocycles. The molecule has 2 aromatic rings. The van der Waals surface area contributed by atoms with Crippen LogP contribution < -0.4 is 0 Å². The van der Waals surface area contributed by atoms with Gasteiger partial charge in [-0.1, -0.05) is 0 Å². The molecule has 0 radical (unpaired) electrons. The van der Waals surface area contributed by atoms with Crippen molar-refractivity contribution in [2.45, 2.75) is 6.92 Å². The van der Waals surface area contributed by atoms with Crippen molar-refractivity contribution >= 4 is 5.97 Å². The number of imidazole rings is 1. The summed E-state index contributed by atoms with van der Waals surface area (Å²) in [6.45, 7) is 1.64. The van der Waals surface area contributed by atoms with Crippen LogP contribution in [0.3, 0.4) is 0 Å². The van der Waals surface area contributed by atoms with Crippen molar-refractivity contribution in [3.05, 3.63) is 41.1 Å². The van der Waals surface area contributed by atoms with Gasteiger partial charge in [-0.2, -0.15) is 10.5 Å². The predicted molar refractivity (Wildman–Crippen MR) is 62.5 cm³/mol. The van der Waals surface area contributed by atoms with Gasteiger partial charge < -0.3 is 5.11 Å². The van der Waals surface area contributed by atoms with Gasteiger partial charge in [0, 0.05) is 5.69 Å². The molecule has 0 unspecified atom stereocenters. The van der Waals surface area contributed by atoms with Crippen LogP contribution in [0.4, 0.5) is 0 Å². The van der Waals surface area contributed by atoms with Crippen molar-refractivity contribution in [1.29, 1.82) is 10.5 Å². The number of nitrogens with zero attached hydrogens (tertiary/aromatic N) is 5. The van der Waals surface area contributed by atoms with Crippen molar-refractivity contribution in [2.75, 3.05) is 0 Å². The Morgan fingerprint density at radius 3 is 2.68 bits per heavy atom. The molecule has 0 aliphatic heterocycles. The Hall–Kier alpha value is -3.19. The number of hydrogen-bond donors (Lipinski definition) is 1. The highest BCUT2D eigenvalue weighted by Crippen LogP contribution is 2.14. The van der Waals surface area contributed by atoms with E-state index in [4.69, 9.17) is 15.6 Å². The van der Waals surface area contributed by atoms with Gasteiger partial charge in [-0.15, -0.1) is 0 Å². The maximum atomic E-state index is 11.0. The fraction of sp³-hybridized carbons (Fsp3) is 0.0833. The van der Waals surface area contributed by atoms with E-state index < -0.39 is 5.97 Å². The molecule has 1 N–H and O–H groups in total. The summed E-state index contributed by atoms with van der Waals surface area (Å²) in [5.74, 6) is -0.853. The fourth-order valence-corrected chi connectivity index (χ4v) is 1.61. The zero-order chi connectivity index (χ0) is 14.0. The van der Waals surface area contributed by atoms with E-state index in [1.165, 1.54) is 23.0 Å². The minimum atomic E-state index is -1.09. The van der Waals surface area contributed by atoms with E-state index in [-0.39, 0.29) is 22.8 Å². The van der Waals surface area contributed by atoms with Crippen LogP contribution in [0.5, 0.6) is 0 Å². The van der Waals surface area contributed by atoms with E-state index >= 15 is 0 Å². The van der Waals surface area contributed by atoms with Crippen molar-refractivity contribution in [1.82, 2.24) is 14.5 Å². The molecule has 92 valence electrons. The normalized spacial score (nSPS) is 9.63. The van der Waals surface area contributed by atoms with E-state index in [1.54, 1.807) is 13.0 Å². The smallest absolute Gasteiger partial charge is 0.335 e. The molecule has 0 spiro atoms. The molecule has 0 fully saturated rings. The number of carbonyl (C=O) groups is 1. The lowest BCUT2D eigenvalue weighted by Gasteiger charge is -2.05. The summed E-state index contributed by atoms with van der Waals surface area (Å²) in [5, 5.41) is 26.8. The van der Waals surface area contributed by atoms with E-state index in [0.717, 1.165) is 0 Å². The van der Waals surface area contributed by atoms with E-state index in [9.17, 15) is 4.79 Å². The maximum absolute atomic E-state index is 11.0. The van der Waals surface area contributed by atoms with Gasteiger partial charge in [0.1, 0.15) is 24.3 Å². The third kappa shape index (κ3) is 2.13. The maximum Gasteiger partial charge on any atom is 0.335 e. The second kappa shape index (κ2) is 4.59. The van der Waals surface area contributed by atoms with Crippen molar-refractivity contribution in [3.8, 4) is 18.0 Å². The van der Waals surface area contributed by atoms with Crippen molar-refractivity contribution in [3.63, 3.8) is 0 Å². The minimum Gasteiger partial charge on any atom is -0.478 e. The first-order chi connectivity index (χ1) is 9.06. The van der Waals surface area contributed by atoms with Crippen LogP contribution in [0, 0.1) is 29.6 Å². The molecule has 0 bridgehead atoms. The summed E-state index contributed by atoms with van der Waals surface area (Å²) in [5.41, 5.74) is 0.546. The van der Waals surface area contributed by atoms with Crippen LogP contribution in [0.1, 0.15) is 27.4 Å². The Kier molecular flexibility index (Phi) is 2.96. The Morgan fingerprint density at radius 1 is 1.37 bits per heavy atom. The number of aromatic carboxylic acids is 1. The van der Waals surface area contributed by atoms with Crippen LogP contribution in [0.15, 0.2) is 18.5 Å². The number of aryl methyl sites for hydroxylation is 1. The minimum absolute atomic E-state index is 0.0249. The molecule has 0 aliphatic carbocycles. The first-order valence-corrected chi connectivity index (χ1v) is 5.16. The Labute approximate surface area is 108 Å². The molecular weight excluding hydrogens is 246 g/mol. The third-order valence-corrected chi connectivity index (χ3v) is 2.41. The Morgan fingerprint density at radius 2 is 2.11 bits per heavy atom. The second-order valence-corrected chi connectivity index (χ2v) is 3.70. The number of carboxylic acids is 1. The molecule has 0 aliphatic rings. The number of rotatable bonds is 2. The second-order valence-electron chi connectivity index (χ2n) is 3.70. The molecule has 7 nitrogen and oxygen atoms in total. The molecule has 0 amide bonds. The van der Waals surface area contributed by atoms with Gasteiger partial charge in [0.05, 0.1) is 5.56 Å². The van der Waals surface area contributed by atoms with Gasteiger partial charge >= 0.3 is 5.97 Å². The van der Waals surface area contributed by atoms with Crippen LogP contribution >= 0.6 is 0 Å². The van der Waals surface area contributed by atoms with Crippen LogP contribution in [0.25, 0.3) is 5.82 Å². The molecule has 2 aromatic heterocycles. The van der Waals surface area contributed by atoms with Crippen LogP contribution in [-0.4, -0.2) is 25.6 Å². The van der Waals surface area contributed by atoms with Gasteiger partial charge in [-0.05, 0) is 19.1 Å². The number of nitriles is 2. The SMILES string of the molecule is Cc1cc(C(=O)O)cc(-n2cnc(C#N)c2C#N)n1. The highest BCUT2D eigenvalue weighted by atomic mass is 16.4. The largest absolute Gasteiger partial charge is 0.478 e. The van der Waals surface area contributed by atoms with Gasteiger partial charge in [-0.3, -0.25) is 4.57 Å². The standard InChI is InChI=1S/C12H7N5O2/c1-7-2-8(12(18)19)3-11(16-7)17-6-15-9(4-13)10(17)5-14/h2-3,6H,1H3,(H,18,19). The van der Waals surface area contributed by atoms with E-state index in [2.05, 4.69) is 9.97 Å². The molecular formula is C12H7N5O2. The van der Waals surface area contributed by atoms with Gasteiger partial charge in [-0.25, -0.2) is 14.8 Å². The van der Waals surface area contributed by atoms with Crippen LogP contribution in [-0.2, 0) is 0 Å². The van der Waals surface area contributed by atoms with E-state index in [1.807, 2.05) is 6.07 Å². The van der Waals surface area contributed by atoms with Gasteiger partial charge in [0.2, 0.25) is 0 Å². The predicted octanol–water partition coefficient (Wildman–Crippen LogP) is 1.02. The van der Waals surface area contributed by atoms with Crippen molar-refractivity contribution in [2.24, 2.45) is 0 Å². The number of hydrogen-bond acceptors (Lipinski definition) is 5. The summed E-state index contributed by atoms with van der Waals surface area (Å²) < 4.78 is 1.29. The topological polar surface area (TPSA) is 116 Å². The monoisotopic (exact) mass is 253 g/mol. The summed E-state index contributed by atoms with van der Waals surface area (Å²) in [6.07, 6.45) is 1.27. The van der Waals surface area contributed by atoms with E-state index in [0.29, 0.717) is 5.69 Å². The molecule has 7 heteroatoms. The average Bonchev–Trinajstić information content (AvgIpc) is 2.80. The molecule has 0 saturated carbocycles. The quantitative estimate of drug-likeness (QED) is 0.853.